The lowest BCUT2D eigenvalue weighted by molar-refractivity contribution is -0.139. The van der Waals surface area contributed by atoms with E-state index < -0.39 is 0 Å². The SMILES string of the molecule is CCOC(=O)CSc1ccccc1CCl. The van der Waals surface area contributed by atoms with Gasteiger partial charge in [-0.15, -0.1) is 23.4 Å². The van der Waals surface area contributed by atoms with Crippen molar-refractivity contribution < 1.29 is 9.53 Å². The highest BCUT2D eigenvalue weighted by Crippen LogP contribution is 2.23. The molecule has 0 spiro atoms. The third kappa shape index (κ3) is 4.14. The van der Waals surface area contributed by atoms with Gasteiger partial charge in [0.1, 0.15) is 0 Å². The average Bonchev–Trinajstić information content (AvgIpc) is 2.27. The Bertz CT molecular complexity index is 328. The molecule has 1 aromatic carbocycles. The largest absolute Gasteiger partial charge is 0.465 e. The summed E-state index contributed by atoms with van der Waals surface area (Å²) in [7, 11) is 0. The molecule has 0 aliphatic rings. The number of carbonyl (C=O) groups excluding carboxylic acids is 1. The fourth-order valence-electron chi connectivity index (χ4n) is 1.09. The normalized spacial score (nSPS) is 10.0. The van der Waals surface area contributed by atoms with Crippen molar-refractivity contribution >= 4 is 29.3 Å². The van der Waals surface area contributed by atoms with E-state index in [-0.39, 0.29) is 5.97 Å². The quantitative estimate of drug-likeness (QED) is 0.452. The van der Waals surface area contributed by atoms with Crippen molar-refractivity contribution in [3.8, 4) is 0 Å². The first-order chi connectivity index (χ1) is 7.27. The van der Waals surface area contributed by atoms with Gasteiger partial charge in [0.25, 0.3) is 0 Å². The number of thioether (sulfide) groups is 1. The molecule has 0 atom stereocenters. The van der Waals surface area contributed by atoms with Crippen LogP contribution in [0.4, 0.5) is 0 Å². The van der Waals surface area contributed by atoms with E-state index in [1.165, 1.54) is 11.8 Å². The van der Waals surface area contributed by atoms with Crippen molar-refractivity contribution in [3.63, 3.8) is 0 Å². The molecule has 0 heterocycles. The van der Waals surface area contributed by atoms with Crippen LogP contribution in [-0.2, 0) is 15.4 Å². The Kier molecular flexibility index (Phi) is 5.58. The molecule has 0 aliphatic carbocycles. The van der Waals surface area contributed by atoms with Crippen LogP contribution in [0.5, 0.6) is 0 Å². The Hall–Kier alpha value is -0.670. The molecule has 0 unspecified atom stereocenters. The van der Waals surface area contributed by atoms with Crippen LogP contribution in [0.15, 0.2) is 29.2 Å². The minimum atomic E-state index is -0.188. The fourth-order valence-corrected chi connectivity index (χ4v) is 2.26. The van der Waals surface area contributed by atoms with E-state index >= 15 is 0 Å². The second-order valence-corrected chi connectivity index (χ2v) is 4.12. The summed E-state index contributed by atoms with van der Waals surface area (Å²) < 4.78 is 4.84. The summed E-state index contributed by atoms with van der Waals surface area (Å²) in [5.74, 6) is 0.611. The number of hydrogen-bond donors (Lipinski definition) is 0. The molecule has 82 valence electrons. The fraction of sp³-hybridized carbons (Fsp3) is 0.364. The molecule has 1 aromatic rings. The summed E-state index contributed by atoms with van der Waals surface area (Å²) in [6, 6.07) is 7.79. The predicted molar refractivity (Wildman–Crippen MR) is 63.4 cm³/mol. The van der Waals surface area contributed by atoms with Gasteiger partial charge in [0.2, 0.25) is 0 Å². The lowest BCUT2D eigenvalue weighted by Crippen LogP contribution is -2.06. The molecule has 2 nitrogen and oxygen atoms in total. The second-order valence-electron chi connectivity index (χ2n) is 2.84. The maximum atomic E-state index is 11.1. The van der Waals surface area contributed by atoms with E-state index in [9.17, 15) is 4.79 Å². The zero-order chi connectivity index (χ0) is 11.1. The summed E-state index contributed by atoms with van der Waals surface area (Å²) in [4.78, 5) is 12.2. The van der Waals surface area contributed by atoms with Crippen LogP contribution in [0.1, 0.15) is 12.5 Å². The minimum absolute atomic E-state index is 0.188. The van der Waals surface area contributed by atoms with E-state index in [1.54, 1.807) is 6.92 Å². The van der Waals surface area contributed by atoms with Gasteiger partial charge in [0.05, 0.1) is 12.4 Å². The number of hydrogen-bond acceptors (Lipinski definition) is 3. The molecule has 0 amide bonds. The minimum Gasteiger partial charge on any atom is -0.465 e. The smallest absolute Gasteiger partial charge is 0.316 e. The number of rotatable bonds is 5. The molecule has 0 radical (unpaired) electrons. The number of halogens is 1. The van der Waals surface area contributed by atoms with Crippen LogP contribution in [-0.4, -0.2) is 18.3 Å². The molecule has 4 heteroatoms. The van der Waals surface area contributed by atoms with Crippen LogP contribution >= 0.6 is 23.4 Å². The Balaban J connectivity index is 2.53. The second kappa shape index (κ2) is 6.75. The van der Waals surface area contributed by atoms with Crippen LogP contribution in [0.25, 0.3) is 0 Å². The first kappa shape index (κ1) is 12.4. The number of carbonyl (C=O) groups is 1. The van der Waals surface area contributed by atoms with Crippen molar-refractivity contribution in [2.75, 3.05) is 12.4 Å². The number of benzene rings is 1. The van der Waals surface area contributed by atoms with Gasteiger partial charge in [-0.25, -0.2) is 0 Å². The van der Waals surface area contributed by atoms with Gasteiger partial charge in [-0.1, -0.05) is 18.2 Å². The van der Waals surface area contributed by atoms with Crippen molar-refractivity contribution in [1.82, 2.24) is 0 Å². The molecule has 0 N–H and O–H groups in total. The highest BCUT2D eigenvalue weighted by Gasteiger charge is 2.05. The van der Waals surface area contributed by atoms with E-state index in [2.05, 4.69) is 0 Å². The third-order valence-corrected chi connectivity index (χ3v) is 3.14. The highest BCUT2D eigenvalue weighted by atomic mass is 35.5. The van der Waals surface area contributed by atoms with Crippen molar-refractivity contribution in [2.45, 2.75) is 17.7 Å². The lowest BCUT2D eigenvalue weighted by atomic mass is 10.2. The maximum Gasteiger partial charge on any atom is 0.316 e. The van der Waals surface area contributed by atoms with Gasteiger partial charge in [0, 0.05) is 10.8 Å². The third-order valence-electron chi connectivity index (χ3n) is 1.77. The summed E-state index contributed by atoms with van der Waals surface area (Å²) in [5.41, 5.74) is 1.05. The van der Waals surface area contributed by atoms with Crippen molar-refractivity contribution in [1.29, 1.82) is 0 Å². The molecule has 0 aliphatic heterocycles. The van der Waals surface area contributed by atoms with E-state index in [4.69, 9.17) is 16.3 Å². The first-order valence-electron chi connectivity index (χ1n) is 4.70. The van der Waals surface area contributed by atoms with Gasteiger partial charge >= 0.3 is 5.97 Å². The van der Waals surface area contributed by atoms with Gasteiger partial charge in [-0.05, 0) is 18.6 Å². The first-order valence-corrected chi connectivity index (χ1v) is 6.22. The van der Waals surface area contributed by atoms with E-state index in [0.717, 1.165) is 10.5 Å². The number of alkyl halides is 1. The summed E-state index contributed by atoms with van der Waals surface area (Å²) in [6.07, 6.45) is 0. The van der Waals surface area contributed by atoms with Crippen LogP contribution < -0.4 is 0 Å². The molecule has 0 aromatic heterocycles. The monoisotopic (exact) mass is 244 g/mol. The maximum absolute atomic E-state index is 11.1. The zero-order valence-corrected chi connectivity index (χ0v) is 10.1. The van der Waals surface area contributed by atoms with Gasteiger partial charge < -0.3 is 4.74 Å². The van der Waals surface area contributed by atoms with Crippen molar-refractivity contribution in [2.24, 2.45) is 0 Å². The Morgan fingerprint density at radius 3 is 2.87 bits per heavy atom. The zero-order valence-electron chi connectivity index (χ0n) is 8.53. The van der Waals surface area contributed by atoms with Crippen molar-refractivity contribution in [3.05, 3.63) is 29.8 Å². The highest BCUT2D eigenvalue weighted by molar-refractivity contribution is 8.00. The van der Waals surface area contributed by atoms with E-state index in [1.807, 2.05) is 24.3 Å². The molecule has 0 bridgehead atoms. The topological polar surface area (TPSA) is 26.3 Å². The Morgan fingerprint density at radius 2 is 2.20 bits per heavy atom. The molecule has 15 heavy (non-hydrogen) atoms. The summed E-state index contributed by atoms with van der Waals surface area (Å²) in [6.45, 7) is 2.23. The van der Waals surface area contributed by atoms with Gasteiger partial charge in [-0.3, -0.25) is 4.79 Å². The summed E-state index contributed by atoms with van der Waals surface area (Å²) >= 11 is 7.24. The van der Waals surface area contributed by atoms with Gasteiger partial charge in [0.15, 0.2) is 0 Å². The standard InChI is InChI=1S/C11H13ClO2S/c1-2-14-11(13)8-15-10-6-4-3-5-9(10)7-12/h3-6H,2,7-8H2,1H3. The Morgan fingerprint density at radius 1 is 1.47 bits per heavy atom. The molecule has 0 fully saturated rings. The van der Waals surface area contributed by atoms with E-state index in [0.29, 0.717) is 18.2 Å². The molecule has 0 saturated heterocycles. The summed E-state index contributed by atoms with van der Waals surface area (Å²) in [5, 5.41) is 0. The lowest BCUT2D eigenvalue weighted by Gasteiger charge is -2.05. The number of ether oxygens (including phenoxy) is 1. The van der Waals surface area contributed by atoms with Crippen LogP contribution in [0.3, 0.4) is 0 Å². The van der Waals surface area contributed by atoms with Crippen LogP contribution in [0.2, 0.25) is 0 Å². The average molecular weight is 245 g/mol. The predicted octanol–water partition coefficient (Wildman–Crippen LogP) is 3.08. The molecule has 0 saturated carbocycles. The Labute approximate surface area is 99.0 Å². The molecule has 1 rings (SSSR count). The molecular formula is C11H13ClO2S. The van der Waals surface area contributed by atoms with Gasteiger partial charge in [-0.2, -0.15) is 0 Å². The number of esters is 1. The van der Waals surface area contributed by atoms with Crippen LogP contribution in [0, 0.1) is 0 Å². The molecular weight excluding hydrogens is 232 g/mol.